The van der Waals surface area contributed by atoms with Gasteiger partial charge in [0.2, 0.25) is 5.91 Å². The Labute approximate surface area is 200 Å². The van der Waals surface area contributed by atoms with Crippen molar-refractivity contribution in [1.29, 1.82) is 0 Å². The van der Waals surface area contributed by atoms with E-state index >= 15 is 0 Å². The van der Waals surface area contributed by atoms with Crippen molar-refractivity contribution < 1.29 is 24.2 Å². The highest BCUT2D eigenvalue weighted by molar-refractivity contribution is 5.80. The first-order chi connectivity index (χ1) is 16.1. The molecule has 2 atom stereocenters. The van der Waals surface area contributed by atoms with E-state index in [0.29, 0.717) is 6.42 Å². The van der Waals surface area contributed by atoms with Crippen molar-refractivity contribution >= 4 is 18.0 Å². The number of carbonyl (C=O) groups excluding carboxylic acids is 2. The minimum absolute atomic E-state index is 0.00795. The van der Waals surface area contributed by atoms with Gasteiger partial charge in [-0.25, -0.2) is 4.79 Å². The van der Waals surface area contributed by atoms with Gasteiger partial charge in [0, 0.05) is 24.4 Å². The Bertz CT molecular complexity index is 998. The van der Waals surface area contributed by atoms with Crippen LogP contribution in [0, 0.1) is 11.3 Å². The fourth-order valence-electron chi connectivity index (χ4n) is 4.23. The molecule has 0 fully saturated rings. The predicted molar refractivity (Wildman–Crippen MR) is 130 cm³/mol. The number of aliphatic carboxylic acids is 1. The number of fused-ring (bicyclic) bond motifs is 3. The monoisotopic (exact) mass is 466 g/mol. The van der Waals surface area contributed by atoms with E-state index in [4.69, 9.17) is 9.84 Å². The number of hydrogen-bond donors (Lipinski definition) is 3. The maximum absolute atomic E-state index is 12.5. The van der Waals surface area contributed by atoms with Crippen LogP contribution in [-0.2, 0) is 14.3 Å². The van der Waals surface area contributed by atoms with Gasteiger partial charge in [-0.2, -0.15) is 0 Å². The third-order valence-electron chi connectivity index (χ3n) is 6.38. The summed E-state index contributed by atoms with van der Waals surface area (Å²) in [7, 11) is 0. The Morgan fingerprint density at radius 2 is 1.56 bits per heavy atom. The second kappa shape index (κ2) is 10.7. The molecule has 3 rings (SSSR count). The first-order valence-electron chi connectivity index (χ1n) is 11.7. The van der Waals surface area contributed by atoms with Gasteiger partial charge in [0.1, 0.15) is 6.61 Å². The highest BCUT2D eigenvalue weighted by Gasteiger charge is 2.30. The van der Waals surface area contributed by atoms with Crippen LogP contribution in [0.1, 0.15) is 57.6 Å². The Kier molecular flexibility index (Phi) is 7.97. The van der Waals surface area contributed by atoms with Gasteiger partial charge in [0.25, 0.3) is 0 Å². The molecule has 1 aliphatic rings. The summed E-state index contributed by atoms with van der Waals surface area (Å²) in [5.41, 5.74) is 4.26. The molecule has 2 aromatic rings. The molecule has 0 bridgehead atoms. The van der Waals surface area contributed by atoms with Gasteiger partial charge < -0.3 is 20.5 Å². The number of carboxylic acid groups (broad SMARTS) is 1. The molecule has 34 heavy (non-hydrogen) atoms. The third-order valence-corrected chi connectivity index (χ3v) is 6.38. The van der Waals surface area contributed by atoms with Crippen LogP contribution < -0.4 is 10.6 Å². The van der Waals surface area contributed by atoms with Crippen LogP contribution >= 0.6 is 0 Å². The van der Waals surface area contributed by atoms with Crippen LogP contribution in [0.2, 0.25) is 0 Å². The number of ether oxygens (including phenoxy) is 1. The maximum atomic E-state index is 12.5. The molecule has 2 unspecified atom stereocenters. The number of benzene rings is 2. The molecule has 2 aromatic carbocycles. The summed E-state index contributed by atoms with van der Waals surface area (Å²) in [5, 5.41) is 14.7. The lowest BCUT2D eigenvalue weighted by Crippen LogP contribution is -2.47. The van der Waals surface area contributed by atoms with Gasteiger partial charge in [-0.3, -0.25) is 9.59 Å². The molecule has 0 aromatic heterocycles. The van der Waals surface area contributed by atoms with Crippen LogP contribution in [0.3, 0.4) is 0 Å². The fraction of sp³-hybridized carbons (Fsp3) is 0.444. The van der Waals surface area contributed by atoms with E-state index in [1.54, 1.807) is 6.92 Å². The number of nitrogens with one attached hydrogen (secondary N) is 2. The second-order valence-electron chi connectivity index (χ2n) is 9.97. The average Bonchev–Trinajstić information content (AvgIpc) is 3.10. The average molecular weight is 467 g/mol. The van der Waals surface area contributed by atoms with E-state index in [0.717, 1.165) is 11.1 Å². The number of alkyl carbamates (subject to hydrolysis) is 1. The highest BCUT2D eigenvalue weighted by atomic mass is 16.5. The van der Waals surface area contributed by atoms with E-state index in [1.165, 1.54) is 11.1 Å². The predicted octanol–water partition coefficient (Wildman–Crippen LogP) is 4.56. The summed E-state index contributed by atoms with van der Waals surface area (Å²) in [6.45, 7) is 7.96. The van der Waals surface area contributed by atoms with E-state index in [-0.39, 0.29) is 42.7 Å². The molecule has 2 amide bonds. The minimum Gasteiger partial charge on any atom is -0.481 e. The number of hydrogen-bond acceptors (Lipinski definition) is 4. The molecular formula is C27H34N2O5. The molecule has 0 spiro atoms. The van der Waals surface area contributed by atoms with Gasteiger partial charge in [-0.15, -0.1) is 0 Å². The van der Waals surface area contributed by atoms with Crippen molar-refractivity contribution in [3.8, 4) is 11.1 Å². The van der Waals surface area contributed by atoms with Crippen molar-refractivity contribution in [2.45, 2.75) is 52.5 Å². The third kappa shape index (κ3) is 6.16. The van der Waals surface area contributed by atoms with Gasteiger partial charge in [-0.1, -0.05) is 76.2 Å². The number of amides is 2. The Morgan fingerprint density at radius 3 is 2.09 bits per heavy atom. The minimum atomic E-state index is -0.954. The zero-order chi connectivity index (χ0) is 24.9. The number of carbonyl (C=O) groups is 3. The van der Waals surface area contributed by atoms with E-state index in [1.807, 2.05) is 45.0 Å². The summed E-state index contributed by atoms with van der Waals surface area (Å²) < 4.78 is 5.52. The van der Waals surface area contributed by atoms with Crippen molar-refractivity contribution in [2.24, 2.45) is 11.3 Å². The quantitative estimate of drug-likeness (QED) is 0.503. The van der Waals surface area contributed by atoms with Crippen LogP contribution in [-0.4, -0.2) is 42.3 Å². The molecule has 182 valence electrons. The Morgan fingerprint density at radius 1 is 1.00 bits per heavy atom. The molecule has 0 saturated carbocycles. The van der Waals surface area contributed by atoms with Crippen molar-refractivity contribution in [2.75, 3.05) is 13.2 Å². The van der Waals surface area contributed by atoms with Gasteiger partial charge in [0.15, 0.2) is 0 Å². The Hall–Kier alpha value is -3.35. The molecular weight excluding hydrogens is 432 g/mol. The van der Waals surface area contributed by atoms with Crippen molar-refractivity contribution in [3.63, 3.8) is 0 Å². The maximum Gasteiger partial charge on any atom is 0.407 e. The van der Waals surface area contributed by atoms with Crippen LogP contribution in [0.4, 0.5) is 4.79 Å². The van der Waals surface area contributed by atoms with Crippen molar-refractivity contribution in [3.05, 3.63) is 59.7 Å². The fourth-order valence-corrected chi connectivity index (χ4v) is 4.23. The molecule has 7 nitrogen and oxygen atoms in total. The topological polar surface area (TPSA) is 105 Å². The van der Waals surface area contributed by atoms with Crippen LogP contribution in [0.25, 0.3) is 11.1 Å². The van der Waals surface area contributed by atoms with E-state index < -0.39 is 18.1 Å². The molecule has 7 heteroatoms. The van der Waals surface area contributed by atoms with Crippen molar-refractivity contribution in [1.82, 2.24) is 10.6 Å². The van der Waals surface area contributed by atoms with Gasteiger partial charge in [0.05, 0.1) is 6.42 Å². The van der Waals surface area contributed by atoms with Gasteiger partial charge >= 0.3 is 12.1 Å². The lowest BCUT2D eigenvalue weighted by Gasteiger charge is -2.31. The molecule has 0 aliphatic heterocycles. The first kappa shape index (κ1) is 25.3. The Balaban J connectivity index is 1.47. The molecule has 0 heterocycles. The largest absolute Gasteiger partial charge is 0.481 e. The van der Waals surface area contributed by atoms with E-state index in [2.05, 4.69) is 34.9 Å². The lowest BCUT2D eigenvalue weighted by molar-refractivity contribution is -0.138. The van der Waals surface area contributed by atoms with Crippen LogP contribution in [0.15, 0.2) is 48.5 Å². The summed E-state index contributed by atoms with van der Waals surface area (Å²) in [6.07, 6.45) is -0.243. The molecule has 0 radical (unpaired) electrons. The zero-order valence-corrected chi connectivity index (χ0v) is 20.3. The molecule has 1 aliphatic carbocycles. The van der Waals surface area contributed by atoms with Gasteiger partial charge in [-0.05, 0) is 34.1 Å². The van der Waals surface area contributed by atoms with E-state index in [9.17, 15) is 14.4 Å². The normalized spacial score (nSPS) is 14.5. The second-order valence-corrected chi connectivity index (χ2v) is 9.97. The summed E-state index contributed by atoms with van der Waals surface area (Å²) in [5.74, 6) is -1.57. The lowest BCUT2D eigenvalue weighted by atomic mass is 9.84. The summed E-state index contributed by atoms with van der Waals surface area (Å²) in [6, 6.07) is 15.8. The van der Waals surface area contributed by atoms with Crippen LogP contribution in [0.5, 0.6) is 0 Å². The smallest absolute Gasteiger partial charge is 0.407 e. The first-order valence-corrected chi connectivity index (χ1v) is 11.7. The number of carboxylic acids is 1. The molecule has 3 N–H and O–H groups in total. The molecule has 0 saturated heterocycles. The number of rotatable bonds is 9. The summed E-state index contributed by atoms with van der Waals surface area (Å²) >= 11 is 0. The zero-order valence-electron chi connectivity index (χ0n) is 20.3. The summed E-state index contributed by atoms with van der Waals surface area (Å²) in [4.78, 5) is 36.0. The highest BCUT2D eigenvalue weighted by Crippen LogP contribution is 2.44. The standard InChI is InChI=1S/C27H34N2O5/c1-17(25(32)29-23(15-24(30)31)27(2,3)4)13-14-28-26(33)34-16-22-20-11-7-5-9-18(20)19-10-6-8-12-21(19)22/h5-12,17,22-23H,13-16H2,1-4H3,(H,28,33)(H,29,32)(H,30,31). The SMILES string of the molecule is CC(CCNC(=O)OCC1c2ccccc2-c2ccccc21)C(=O)NC(CC(=O)O)C(C)(C)C.